The van der Waals surface area contributed by atoms with Crippen molar-refractivity contribution in [3.63, 3.8) is 0 Å². The fourth-order valence-corrected chi connectivity index (χ4v) is 3.83. The second-order valence-electron chi connectivity index (χ2n) is 7.24. The van der Waals surface area contributed by atoms with E-state index in [1.807, 2.05) is 30.5 Å². The van der Waals surface area contributed by atoms with Crippen molar-refractivity contribution in [3.8, 4) is 17.0 Å². The predicted octanol–water partition coefficient (Wildman–Crippen LogP) is 4.66. The van der Waals surface area contributed by atoms with Crippen LogP contribution in [0.25, 0.3) is 11.3 Å². The predicted molar refractivity (Wildman–Crippen MR) is 109 cm³/mol. The summed E-state index contributed by atoms with van der Waals surface area (Å²) >= 11 is 0. The highest BCUT2D eigenvalue weighted by Gasteiger charge is 2.31. The lowest BCUT2D eigenvalue weighted by Gasteiger charge is -2.35. The van der Waals surface area contributed by atoms with Crippen LogP contribution in [0.2, 0.25) is 0 Å². The van der Waals surface area contributed by atoms with E-state index in [1.165, 1.54) is 18.2 Å². The molecular formula is C23H22F3N3O2. The average molecular weight is 429 g/mol. The first kappa shape index (κ1) is 21.3. The summed E-state index contributed by atoms with van der Waals surface area (Å²) in [5, 5.41) is 0. The first-order chi connectivity index (χ1) is 15.0. The number of rotatable bonds is 6. The van der Waals surface area contributed by atoms with Crippen molar-refractivity contribution in [1.82, 2.24) is 14.9 Å². The molecule has 1 atom stereocenters. The molecule has 0 N–H and O–H groups in total. The number of pyridine rings is 2. The minimum absolute atomic E-state index is 0.0511. The lowest BCUT2D eigenvalue weighted by atomic mass is 9.95. The number of benzene rings is 1. The van der Waals surface area contributed by atoms with Crippen LogP contribution in [0.4, 0.5) is 13.2 Å². The number of alkyl halides is 3. The number of hydrogen-bond donors (Lipinski definition) is 0. The van der Waals surface area contributed by atoms with Crippen LogP contribution in [-0.2, 0) is 11.2 Å². The van der Waals surface area contributed by atoms with Gasteiger partial charge in [0.1, 0.15) is 5.75 Å². The summed E-state index contributed by atoms with van der Waals surface area (Å²) in [7, 11) is 0. The van der Waals surface area contributed by atoms with E-state index in [-0.39, 0.29) is 11.8 Å². The van der Waals surface area contributed by atoms with E-state index in [1.54, 1.807) is 18.5 Å². The van der Waals surface area contributed by atoms with Crippen LogP contribution in [-0.4, -0.2) is 47.5 Å². The second-order valence-corrected chi connectivity index (χ2v) is 7.24. The number of aromatic nitrogens is 2. The summed E-state index contributed by atoms with van der Waals surface area (Å²) in [6, 6.07) is 13.7. The summed E-state index contributed by atoms with van der Waals surface area (Å²) in [6.45, 7) is 2.91. The summed E-state index contributed by atoms with van der Waals surface area (Å²) in [5.41, 5.74) is 3.22. The van der Waals surface area contributed by atoms with E-state index in [2.05, 4.69) is 19.6 Å². The third kappa shape index (κ3) is 5.59. The minimum Gasteiger partial charge on any atom is -0.406 e. The first-order valence-corrected chi connectivity index (χ1v) is 10.0. The van der Waals surface area contributed by atoms with Gasteiger partial charge in [-0.2, -0.15) is 0 Å². The van der Waals surface area contributed by atoms with Crippen molar-refractivity contribution >= 4 is 0 Å². The van der Waals surface area contributed by atoms with Crippen molar-refractivity contribution in [2.24, 2.45) is 0 Å². The van der Waals surface area contributed by atoms with Crippen LogP contribution in [0.3, 0.4) is 0 Å². The van der Waals surface area contributed by atoms with Crippen LogP contribution >= 0.6 is 0 Å². The normalized spacial score (nSPS) is 16.1. The maximum Gasteiger partial charge on any atom is 0.573 e. The highest BCUT2D eigenvalue weighted by atomic mass is 19.4. The maximum absolute atomic E-state index is 12.7. The highest BCUT2D eigenvalue weighted by molar-refractivity contribution is 5.64. The van der Waals surface area contributed by atoms with Gasteiger partial charge in [0, 0.05) is 43.3 Å². The molecule has 0 radical (unpaired) electrons. The molecule has 0 amide bonds. The molecule has 31 heavy (non-hydrogen) atoms. The van der Waals surface area contributed by atoms with Gasteiger partial charge >= 0.3 is 6.36 Å². The molecule has 4 rings (SSSR count). The SMILES string of the molecule is FC(F)(F)Oc1cccc(-c2ncccc2CC(c2cccnc2)N2CCOCC2)c1. The summed E-state index contributed by atoms with van der Waals surface area (Å²) in [6.07, 6.45) is 1.13. The Bertz CT molecular complexity index is 993. The molecule has 1 fully saturated rings. The number of ether oxygens (including phenoxy) is 2. The van der Waals surface area contributed by atoms with Crippen molar-refractivity contribution in [2.75, 3.05) is 26.3 Å². The van der Waals surface area contributed by atoms with Crippen LogP contribution in [0, 0.1) is 0 Å². The molecule has 1 saturated heterocycles. The molecule has 1 unspecified atom stereocenters. The van der Waals surface area contributed by atoms with Gasteiger partial charge in [0.05, 0.1) is 18.9 Å². The molecule has 0 aliphatic carbocycles. The molecule has 3 heterocycles. The molecule has 0 bridgehead atoms. The number of halogens is 3. The Morgan fingerprint density at radius 1 is 1.03 bits per heavy atom. The fraction of sp³-hybridized carbons (Fsp3) is 0.304. The zero-order valence-electron chi connectivity index (χ0n) is 16.8. The van der Waals surface area contributed by atoms with Crippen LogP contribution in [0.15, 0.2) is 67.1 Å². The standard InChI is InChI=1S/C23H22F3N3O2/c24-23(25,26)31-20-7-1-4-17(14-20)22-18(5-3-9-28-22)15-21(19-6-2-8-27-16-19)29-10-12-30-13-11-29/h1-9,14,16,21H,10-13,15H2. The molecule has 8 heteroatoms. The van der Waals surface area contributed by atoms with Gasteiger partial charge in [-0.1, -0.05) is 24.3 Å². The van der Waals surface area contributed by atoms with Gasteiger partial charge < -0.3 is 9.47 Å². The Labute approximate surface area is 178 Å². The number of morpholine rings is 1. The molecule has 3 aromatic rings. The van der Waals surface area contributed by atoms with Gasteiger partial charge in [-0.3, -0.25) is 14.9 Å². The minimum atomic E-state index is -4.74. The van der Waals surface area contributed by atoms with E-state index >= 15 is 0 Å². The van der Waals surface area contributed by atoms with Crippen molar-refractivity contribution in [3.05, 3.63) is 78.2 Å². The van der Waals surface area contributed by atoms with Gasteiger partial charge in [-0.25, -0.2) is 0 Å². The Kier molecular flexibility index (Phi) is 6.48. The quantitative estimate of drug-likeness (QED) is 0.571. The molecule has 1 aliphatic rings. The van der Waals surface area contributed by atoms with Crippen LogP contribution in [0.5, 0.6) is 5.75 Å². The van der Waals surface area contributed by atoms with Crippen molar-refractivity contribution in [1.29, 1.82) is 0 Å². The van der Waals surface area contributed by atoms with Crippen molar-refractivity contribution < 1.29 is 22.6 Å². The van der Waals surface area contributed by atoms with Gasteiger partial charge in [-0.05, 0) is 41.8 Å². The van der Waals surface area contributed by atoms with Gasteiger partial charge in [0.25, 0.3) is 0 Å². The van der Waals surface area contributed by atoms with Crippen LogP contribution < -0.4 is 4.74 Å². The summed E-state index contributed by atoms with van der Waals surface area (Å²) in [4.78, 5) is 11.1. The molecule has 0 spiro atoms. The van der Waals surface area contributed by atoms with E-state index in [0.29, 0.717) is 30.9 Å². The maximum atomic E-state index is 12.7. The second kappa shape index (κ2) is 9.45. The van der Waals surface area contributed by atoms with E-state index in [9.17, 15) is 13.2 Å². The highest BCUT2D eigenvalue weighted by Crippen LogP contribution is 2.32. The summed E-state index contributed by atoms with van der Waals surface area (Å²) in [5.74, 6) is -0.265. The molecule has 5 nitrogen and oxygen atoms in total. The first-order valence-electron chi connectivity index (χ1n) is 10.0. The smallest absolute Gasteiger partial charge is 0.406 e. The topological polar surface area (TPSA) is 47.5 Å². The van der Waals surface area contributed by atoms with Gasteiger partial charge in [-0.15, -0.1) is 13.2 Å². The van der Waals surface area contributed by atoms with E-state index in [0.717, 1.165) is 24.2 Å². The monoisotopic (exact) mass is 429 g/mol. The van der Waals surface area contributed by atoms with Crippen molar-refractivity contribution in [2.45, 2.75) is 18.8 Å². The fourth-order valence-electron chi connectivity index (χ4n) is 3.83. The molecule has 1 aromatic carbocycles. The Balaban J connectivity index is 1.66. The number of hydrogen-bond acceptors (Lipinski definition) is 5. The molecule has 1 aliphatic heterocycles. The third-order valence-electron chi connectivity index (χ3n) is 5.20. The van der Waals surface area contributed by atoms with Gasteiger partial charge in [0.15, 0.2) is 0 Å². The molecule has 0 saturated carbocycles. The molecular weight excluding hydrogens is 407 g/mol. The Morgan fingerprint density at radius 3 is 2.58 bits per heavy atom. The Hall–Kier alpha value is -2.97. The molecule has 2 aromatic heterocycles. The zero-order chi connectivity index (χ0) is 21.7. The van der Waals surface area contributed by atoms with E-state index < -0.39 is 6.36 Å². The Morgan fingerprint density at radius 2 is 1.84 bits per heavy atom. The lowest BCUT2D eigenvalue weighted by Crippen LogP contribution is -2.40. The zero-order valence-corrected chi connectivity index (χ0v) is 16.8. The average Bonchev–Trinajstić information content (AvgIpc) is 2.78. The number of nitrogens with zero attached hydrogens (tertiary/aromatic N) is 3. The third-order valence-corrected chi connectivity index (χ3v) is 5.20. The largest absolute Gasteiger partial charge is 0.573 e. The lowest BCUT2D eigenvalue weighted by molar-refractivity contribution is -0.274. The van der Waals surface area contributed by atoms with Gasteiger partial charge in [0.2, 0.25) is 0 Å². The van der Waals surface area contributed by atoms with Crippen LogP contribution in [0.1, 0.15) is 17.2 Å². The van der Waals surface area contributed by atoms with E-state index in [4.69, 9.17) is 4.74 Å². The molecule has 162 valence electrons. The summed E-state index contributed by atoms with van der Waals surface area (Å²) < 4.78 is 47.6.